The normalized spacial score (nSPS) is 15.5. The lowest BCUT2D eigenvalue weighted by Gasteiger charge is -2.22. The van der Waals surface area contributed by atoms with Crippen molar-refractivity contribution < 1.29 is 9.84 Å². The van der Waals surface area contributed by atoms with Crippen LogP contribution in [-0.4, -0.2) is 30.1 Å². The van der Waals surface area contributed by atoms with Crippen molar-refractivity contribution in [3.63, 3.8) is 0 Å². The molecule has 24 heavy (non-hydrogen) atoms. The van der Waals surface area contributed by atoms with Crippen LogP contribution < -0.4 is 4.74 Å². The first-order valence-corrected chi connectivity index (χ1v) is 8.82. The summed E-state index contributed by atoms with van der Waals surface area (Å²) in [6.45, 7) is 2.14. The Morgan fingerprint density at radius 2 is 1.88 bits per heavy atom. The molecule has 0 aliphatic heterocycles. The van der Waals surface area contributed by atoms with Crippen molar-refractivity contribution in [1.82, 2.24) is 4.90 Å². The summed E-state index contributed by atoms with van der Waals surface area (Å²) in [4.78, 5) is 2.21. The van der Waals surface area contributed by atoms with Gasteiger partial charge in [-0.15, -0.1) is 0 Å². The zero-order valence-electron chi connectivity index (χ0n) is 14.0. The SMILES string of the molecule is CN(CC1CC1)CC(O)c1ccccc1OCc1ccc(Cl)cc1. The van der Waals surface area contributed by atoms with Gasteiger partial charge in [0.15, 0.2) is 0 Å². The molecule has 128 valence electrons. The Balaban J connectivity index is 1.61. The van der Waals surface area contributed by atoms with Crippen LogP contribution in [0.15, 0.2) is 48.5 Å². The third kappa shape index (κ3) is 4.97. The Kier molecular flexibility index (Phi) is 5.77. The van der Waals surface area contributed by atoms with Crippen LogP contribution in [0.3, 0.4) is 0 Å². The van der Waals surface area contributed by atoms with E-state index in [9.17, 15) is 5.11 Å². The Bertz CT molecular complexity index is 655. The predicted octanol–water partition coefficient (Wildman–Crippen LogP) is 4.29. The van der Waals surface area contributed by atoms with E-state index in [1.54, 1.807) is 0 Å². The summed E-state index contributed by atoms with van der Waals surface area (Å²) in [5, 5.41) is 11.3. The lowest BCUT2D eigenvalue weighted by Crippen LogP contribution is -2.26. The third-order valence-electron chi connectivity index (χ3n) is 4.34. The van der Waals surface area contributed by atoms with Gasteiger partial charge in [0.05, 0.1) is 6.10 Å². The summed E-state index contributed by atoms with van der Waals surface area (Å²) >= 11 is 5.91. The van der Waals surface area contributed by atoms with Crippen molar-refractivity contribution in [3.8, 4) is 5.75 Å². The van der Waals surface area contributed by atoms with Gasteiger partial charge in [0.25, 0.3) is 0 Å². The Hall–Kier alpha value is -1.55. The van der Waals surface area contributed by atoms with E-state index >= 15 is 0 Å². The average molecular weight is 346 g/mol. The summed E-state index contributed by atoms with van der Waals surface area (Å²) in [6, 6.07) is 15.3. The minimum Gasteiger partial charge on any atom is -0.489 e. The minimum absolute atomic E-state index is 0.457. The highest BCUT2D eigenvalue weighted by Gasteiger charge is 2.24. The van der Waals surface area contributed by atoms with Gasteiger partial charge in [-0.25, -0.2) is 0 Å². The van der Waals surface area contributed by atoms with Crippen molar-refractivity contribution in [2.75, 3.05) is 20.1 Å². The molecule has 3 nitrogen and oxygen atoms in total. The van der Waals surface area contributed by atoms with Crippen molar-refractivity contribution in [2.24, 2.45) is 5.92 Å². The maximum absolute atomic E-state index is 10.6. The summed E-state index contributed by atoms with van der Waals surface area (Å²) in [7, 11) is 2.07. The molecule has 1 atom stereocenters. The van der Waals surface area contributed by atoms with Gasteiger partial charge in [0.2, 0.25) is 0 Å². The number of ether oxygens (including phenoxy) is 1. The quantitative estimate of drug-likeness (QED) is 0.774. The number of para-hydroxylation sites is 1. The second kappa shape index (κ2) is 8.02. The molecule has 0 spiro atoms. The van der Waals surface area contributed by atoms with Crippen LogP contribution in [0.5, 0.6) is 5.75 Å². The van der Waals surface area contributed by atoms with Crippen molar-refractivity contribution in [3.05, 3.63) is 64.7 Å². The van der Waals surface area contributed by atoms with E-state index in [-0.39, 0.29) is 0 Å². The molecule has 2 aromatic rings. The van der Waals surface area contributed by atoms with Crippen LogP contribution >= 0.6 is 11.6 Å². The van der Waals surface area contributed by atoms with Gasteiger partial charge in [-0.05, 0) is 49.6 Å². The van der Waals surface area contributed by atoms with Gasteiger partial charge in [0, 0.05) is 23.7 Å². The fraction of sp³-hybridized carbons (Fsp3) is 0.400. The molecule has 0 aromatic heterocycles. The second-order valence-electron chi connectivity index (χ2n) is 6.63. The first kappa shape index (κ1) is 17.3. The number of hydrogen-bond acceptors (Lipinski definition) is 3. The van der Waals surface area contributed by atoms with E-state index in [2.05, 4.69) is 11.9 Å². The van der Waals surface area contributed by atoms with Crippen LogP contribution in [0.4, 0.5) is 0 Å². The summed E-state index contributed by atoms with van der Waals surface area (Å²) in [5.74, 6) is 1.55. The molecular formula is C20H24ClNO2. The van der Waals surface area contributed by atoms with Gasteiger partial charge < -0.3 is 14.7 Å². The van der Waals surface area contributed by atoms with E-state index in [1.165, 1.54) is 12.8 Å². The molecule has 3 rings (SSSR count). The number of rotatable bonds is 8. The molecule has 0 heterocycles. The molecule has 0 bridgehead atoms. The van der Waals surface area contributed by atoms with Crippen molar-refractivity contribution in [1.29, 1.82) is 0 Å². The first-order chi connectivity index (χ1) is 11.6. The van der Waals surface area contributed by atoms with Crippen molar-refractivity contribution >= 4 is 11.6 Å². The molecule has 1 unspecified atom stereocenters. The molecule has 1 aliphatic carbocycles. The van der Waals surface area contributed by atoms with Gasteiger partial charge in [0.1, 0.15) is 12.4 Å². The molecular weight excluding hydrogens is 322 g/mol. The lowest BCUT2D eigenvalue weighted by molar-refractivity contribution is 0.120. The Labute approximate surface area is 148 Å². The summed E-state index contributed by atoms with van der Waals surface area (Å²) < 4.78 is 5.94. The highest BCUT2D eigenvalue weighted by atomic mass is 35.5. The zero-order chi connectivity index (χ0) is 16.9. The molecule has 1 saturated carbocycles. The maximum Gasteiger partial charge on any atom is 0.125 e. The van der Waals surface area contributed by atoms with E-state index in [4.69, 9.17) is 16.3 Å². The van der Waals surface area contributed by atoms with Crippen LogP contribution in [0.1, 0.15) is 30.1 Å². The first-order valence-electron chi connectivity index (χ1n) is 8.44. The molecule has 0 amide bonds. The smallest absolute Gasteiger partial charge is 0.125 e. The molecule has 4 heteroatoms. The van der Waals surface area contributed by atoms with Crippen LogP contribution in [0, 0.1) is 5.92 Å². The molecule has 1 aliphatic rings. The van der Waals surface area contributed by atoms with Crippen LogP contribution in [0.2, 0.25) is 5.02 Å². The summed E-state index contributed by atoms with van der Waals surface area (Å²) in [5.41, 5.74) is 1.89. The van der Waals surface area contributed by atoms with Crippen molar-refractivity contribution in [2.45, 2.75) is 25.6 Å². The van der Waals surface area contributed by atoms with Gasteiger partial charge >= 0.3 is 0 Å². The molecule has 1 N–H and O–H groups in total. The third-order valence-corrected chi connectivity index (χ3v) is 4.59. The molecule has 0 saturated heterocycles. The fourth-order valence-corrected chi connectivity index (χ4v) is 2.96. The number of benzene rings is 2. The largest absolute Gasteiger partial charge is 0.489 e. The Morgan fingerprint density at radius 3 is 2.58 bits per heavy atom. The summed E-state index contributed by atoms with van der Waals surface area (Å²) in [6.07, 6.45) is 2.10. The standard InChI is InChI=1S/C20H24ClNO2/c1-22(12-15-6-7-15)13-19(23)18-4-2-3-5-20(18)24-14-16-8-10-17(21)11-9-16/h2-5,8-11,15,19,23H,6-7,12-14H2,1H3. The predicted molar refractivity (Wildman–Crippen MR) is 97.4 cm³/mol. The number of aliphatic hydroxyl groups excluding tert-OH is 1. The number of halogens is 1. The minimum atomic E-state index is -0.546. The topological polar surface area (TPSA) is 32.7 Å². The fourth-order valence-electron chi connectivity index (χ4n) is 2.84. The average Bonchev–Trinajstić information content (AvgIpc) is 3.38. The monoisotopic (exact) mass is 345 g/mol. The molecule has 1 fully saturated rings. The number of nitrogens with zero attached hydrogens (tertiary/aromatic N) is 1. The van der Waals surface area contributed by atoms with E-state index in [0.29, 0.717) is 18.2 Å². The van der Waals surface area contributed by atoms with E-state index < -0.39 is 6.10 Å². The van der Waals surface area contributed by atoms with E-state index in [0.717, 1.165) is 29.3 Å². The zero-order valence-corrected chi connectivity index (χ0v) is 14.7. The highest BCUT2D eigenvalue weighted by molar-refractivity contribution is 6.30. The van der Waals surface area contributed by atoms with Gasteiger partial charge in [-0.2, -0.15) is 0 Å². The van der Waals surface area contributed by atoms with Crippen LogP contribution in [-0.2, 0) is 6.61 Å². The maximum atomic E-state index is 10.6. The van der Waals surface area contributed by atoms with E-state index in [1.807, 2.05) is 48.5 Å². The van der Waals surface area contributed by atoms with Gasteiger partial charge in [-0.1, -0.05) is 41.9 Å². The molecule has 2 aromatic carbocycles. The highest BCUT2D eigenvalue weighted by Crippen LogP contribution is 2.31. The number of aliphatic hydroxyl groups is 1. The second-order valence-corrected chi connectivity index (χ2v) is 7.07. The Morgan fingerprint density at radius 1 is 1.17 bits per heavy atom. The van der Waals surface area contributed by atoms with Crippen LogP contribution in [0.25, 0.3) is 0 Å². The number of likely N-dealkylation sites (N-methyl/N-ethyl adjacent to an activating group) is 1. The van der Waals surface area contributed by atoms with Gasteiger partial charge in [-0.3, -0.25) is 0 Å². The molecule has 0 radical (unpaired) electrons. The lowest BCUT2D eigenvalue weighted by atomic mass is 10.1. The number of hydrogen-bond donors (Lipinski definition) is 1.